The Morgan fingerprint density at radius 1 is 0.467 bits per heavy atom. The number of rotatable bonds is 20. The lowest BCUT2D eigenvalue weighted by Gasteiger charge is -2.00. The Hall–Kier alpha value is -0.440. The number of aliphatic hydroxyl groups is 1. The van der Waals surface area contributed by atoms with Crippen LogP contribution in [0.5, 0.6) is 0 Å². The van der Waals surface area contributed by atoms with Gasteiger partial charge in [-0.1, -0.05) is 106 Å². The summed E-state index contributed by atoms with van der Waals surface area (Å²) in [5.74, 6) is 12.1. The van der Waals surface area contributed by atoms with Gasteiger partial charge < -0.3 is 5.11 Å². The molecular weight excluding hydrogens is 432 g/mol. The normalized spacial score (nSPS) is 9.73. The zero-order chi connectivity index (χ0) is 22.4. The van der Waals surface area contributed by atoms with E-state index in [0.29, 0.717) is 6.61 Å². The summed E-state index contributed by atoms with van der Waals surface area (Å²) in [6.07, 6.45) is 26.2. The Bertz CT molecular complexity index is 370. The Labute approximate surface area is 198 Å². The molecule has 0 aliphatic rings. The van der Waals surface area contributed by atoms with Gasteiger partial charge in [-0.3, -0.25) is 0 Å². The molecule has 0 aromatic heterocycles. The van der Waals surface area contributed by atoms with E-state index in [2.05, 4.69) is 39.6 Å². The minimum Gasteiger partial charge on any atom is -0.396 e. The maximum atomic E-state index is 8.60. The molecule has 0 radical (unpaired) electrons. The molecule has 2 heteroatoms. The van der Waals surface area contributed by atoms with Crippen LogP contribution in [-0.2, 0) is 0 Å². The number of halogens is 1. The third kappa shape index (κ3) is 35.0. The number of hydrogen-bond donors (Lipinski definition) is 1. The first kappa shape index (κ1) is 31.7. The molecule has 0 saturated heterocycles. The topological polar surface area (TPSA) is 20.2 Å². The van der Waals surface area contributed by atoms with E-state index in [1.54, 1.807) is 0 Å². The van der Waals surface area contributed by atoms with Gasteiger partial charge in [-0.25, -0.2) is 0 Å². The van der Waals surface area contributed by atoms with Crippen molar-refractivity contribution in [2.45, 2.75) is 142 Å². The lowest BCUT2D eigenvalue weighted by atomic mass is 10.1. The van der Waals surface area contributed by atoms with Crippen LogP contribution in [0.3, 0.4) is 0 Å². The van der Waals surface area contributed by atoms with Gasteiger partial charge in [0, 0.05) is 24.8 Å². The van der Waals surface area contributed by atoms with Crippen LogP contribution in [0.1, 0.15) is 142 Å². The summed E-state index contributed by atoms with van der Waals surface area (Å²) in [5, 5.41) is 9.77. The number of alkyl halides is 1. The van der Waals surface area contributed by atoms with Crippen molar-refractivity contribution in [2.24, 2.45) is 0 Å². The van der Waals surface area contributed by atoms with E-state index in [-0.39, 0.29) is 0 Å². The standard InChI is InChI=1S/C14H25Br.C14H26O/c2*1-2-3-4-5-6-7-8-9-10-11-12-13-14-15/h4-14H2,1H3;15H,4-14H2,1H3. The zero-order valence-corrected chi connectivity index (χ0v) is 22.0. The molecule has 0 aliphatic heterocycles. The van der Waals surface area contributed by atoms with Crippen LogP contribution in [0.25, 0.3) is 0 Å². The molecule has 0 aliphatic carbocycles. The highest BCUT2D eigenvalue weighted by Crippen LogP contribution is 2.11. The minimum atomic E-state index is 0.360. The Kier molecular flexibility index (Phi) is 35.1. The summed E-state index contributed by atoms with van der Waals surface area (Å²) in [5.41, 5.74) is 0. The SMILES string of the molecule is CC#CCCCCCCCCCCCBr.CC#CCCCCCCCCCCCO. The molecule has 30 heavy (non-hydrogen) atoms. The summed E-state index contributed by atoms with van der Waals surface area (Å²) < 4.78 is 0. The summed E-state index contributed by atoms with van der Waals surface area (Å²) >= 11 is 3.46. The molecule has 0 saturated carbocycles. The molecule has 176 valence electrons. The van der Waals surface area contributed by atoms with E-state index in [9.17, 15) is 0 Å². The van der Waals surface area contributed by atoms with Crippen LogP contribution >= 0.6 is 15.9 Å². The Morgan fingerprint density at radius 2 is 0.767 bits per heavy atom. The van der Waals surface area contributed by atoms with Crippen LogP contribution in [0.2, 0.25) is 0 Å². The van der Waals surface area contributed by atoms with Crippen molar-refractivity contribution in [3.05, 3.63) is 0 Å². The smallest absolute Gasteiger partial charge is 0.0431 e. The van der Waals surface area contributed by atoms with Crippen molar-refractivity contribution < 1.29 is 5.11 Å². The largest absolute Gasteiger partial charge is 0.396 e. The van der Waals surface area contributed by atoms with E-state index in [0.717, 1.165) is 19.3 Å². The van der Waals surface area contributed by atoms with Gasteiger partial charge in [0.1, 0.15) is 0 Å². The van der Waals surface area contributed by atoms with Gasteiger partial charge in [0.25, 0.3) is 0 Å². The van der Waals surface area contributed by atoms with Crippen molar-refractivity contribution in [1.29, 1.82) is 0 Å². The van der Waals surface area contributed by atoms with Gasteiger partial charge in [-0.2, -0.15) is 0 Å². The van der Waals surface area contributed by atoms with Gasteiger partial charge in [-0.05, 0) is 39.5 Å². The monoisotopic (exact) mass is 482 g/mol. The van der Waals surface area contributed by atoms with Crippen LogP contribution in [0, 0.1) is 23.7 Å². The van der Waals surface area contributed by atoms with Gasteiger partial charge in [-0.15, -0.1) is 23.7 Å². The fraction of sp³-hybridized carbons (Fsp3) is 0.857. The number of aliphatic hydroxyl groups excluding tert-OH is 1. The second-order valence-corrected chi connectivity index (χ2v) is 8.92. The van der Waals surface area contributed by atoms with E-state index < -0.39 is 0 Å². The van der Waals surface area contributed by atoms with Crippen molar-refractivity contribution in [3.8, 4) is 23.7 Å². The molecule has 0 spiro atoms. The Morgan fingerprint density at radius 3 is 1.07 bits per heavy atom. The fourth-order valence-electron chi connectivity index (χ4n) is 3.36. The number of unbranched alkanes of at least 4 members (excludes halogenated alkanes) is 18. The van der Waals surface area contributed by atoms with Crippen molar-refractivity contribution in [1.82, 2.24) is 0 Å². The maximum absolute atomic E-state index is 8.60. The third-order valence-electron chi connectivity index (χ3n) is 5.25. The first-order valence-corrected chi connectivity index (χ1v) is 13.9. The molecule has 0 fully saturated rings. The highest BCUT2D eigenvalue weighted by molar-refractivity contribution is 9.09. The van der Waals surface area contributed by atoms with E-state index in [4.69, 9.17) is 5.11 Å². The summed E-state index contributed by atoms with van der Waals surface area (Å²) in [6.45, 7) is 4.19. The van der Waals surface area contributed by atoms with Gasteiger partial charge in [0.15, 0.2) is 0 Å². The predicted octanol–water partition coefficient (Wildman–Crippen LogP) is 9.21. The summed E-state index contributed by atoms with van der Waals surface area (Å²) in [4.78, 5) is 0. The molecule has 0 atom stereocenters. The maximum Gasteiger partial charge on any atom is 0.0431 e. The molecule has 0 aromatic rings. The summed E-state index contributed by atoms with van der Waals surface area (Å²) in [7, 11) is 0. The molecule has 0 rings (SSSR count). The highest BCUT2D eigenvalue weighted by atomic mass is 79.9. The lowest BCUT2D eigenvalue weighted by molar-refractivity contribution is 0.282. The molecule has 0 bridgehead atoms. The molecule has 1 nitrogen and oxygen atoms in total. The third-order valence-corrected chi connectivity index (χ3v) is 5.81. The minimum absolute atomic E-state index is 0.360. The molecule has 0 unspecified atom stereocenters. The fourth-order valence-corrected chi connectivity index (χ4v) is 3.75. The molecule has 0 amide bonds. The van der Waals surface area contributed by atoms with Crippen LogP contribution in [0.15, 0.2) is 0 Å². The highest BCUT2D eigenvalue weighted by Gasteiger charge is 1.92. The average molecular weight is 484 g/mol. The molecule has 1 N–H and O–H groups in total. The van der Waals surface area contributed by atoms with Gasteiger partial charge in [0.05, 0.1) is 0 Å². The van der Waals surface area contributed by atoms with Crippen molar-refractivity contribution in [2.75, 3.05) is 11.9 Å². The van der Waals surface area contributed by atoms with Crippen molar-refractivity contribution >= 4 is 15.9 Å². The van der Waals surface area contributed by atoms with E-state index in [1.165, 1.54) is 114 Å². The lowest BCUT2D eigenvalue weighted by Crippen LogP contribution is -1.84. The van der Waals surface area contributed by atoms with Crippen molar-refractivity contribution in [3.63, 3.8) is 0 Å². The van der Waals surface area contributed by atoms with Gasteiger partial charge >= 0.3 is 0 Å². The van der Waals surface area contributed by atoms with Crippen LogP contribution in [0.4, 0.5) is 0 Å². The average Bonchev–Trinajstić information content (AvgIpc) is 2.76. The first-order valence-electron chi connectivity index (χ1n) is 12.8. The van der Waals surface area contributed by atoms with Gasteiger partial charge in [0.2, 0.25) is 0 Å². The second-order valence-electron chi connectivity index (χ2n) is 8.13. The van der Waals surface area contributed by atoms with E-state index >= 15 is 0 Å². The zero-order valence-electron chi connectivity index (χ0n) is 20.4. The summed E-state index contributed by atoms with van der Waals surface area (Å²) in [6, 6.07) is 0. The first-order chi connectivity index (χ1) is 14.8. The van der Waals surface area contributed by atoms with E-state index in [1.807, 2.05) is 13.8 Å². The van der Waals surface area contributed by atoms with Crippen LogP contribution in [-0.4, -0.2) is 17.0 Å². The molecular formula is C28H51BrO. The second kappa shape index (κ2) is 33.2. The quantitative estimate of drug-likeness (QED) is 0.104. The molecule has 0 aromatic carbocycles. The van der Waals surface area contributed by atoms with Crippen LogP contribution < -0.4 is 0 Å². The molecule has 0 heterocycles. The predicted molar refractivity (Wildman–Crippen MR) is 140 cm³/mol. The Balaban J connectivity index is 0. The number of hydrogen-bond acceptors (Lipinski definition) is 1.